The van der Waals surface area contributed by atoms with Crippen LogP contribution in [0, 0.1) is 37.5 Å². The molecule has 0 aliphatic carbocycles. The Morgan fingerprint density at radius 2 is 1.47 bits per heavy atom. The number of halogens is 2. The summed E-state index contributed by atoms with van der Waals surface area (Å²) in [5.41, 5.74) is 8.53. The Bertz CT molecular complexity index is 3960. The van der Waals surface area contributed by atoms with E-state index in [0.717, 1.165) is 58.4 Å². The van der Waals surface area contributed by atoms with Gasteiger partial charge in [0.2, 0.25) is 0 Å². The van der Waals surface area contributed by atoms with Crippen molar-refractivity contribution in [2.45, 2.75) is 31.0 Å². The molecule has 10 heteroatoms. The number of aromatic nitrogens is 4. The van der Waals surface area contributed by atoms with Crippen molar-refractivity contribution in [2.24, 2.45) is 0 Å². The summed E-state index contributed by atoms with van der Waals surface area (Å²) in [6.07, 6.45) is 1.69. The molecule has 0 spiro atoms. The zero-order valence-electron chi connectivity index (χ0n) is 39.1. The van der Waals surface area contributed by atoms with Crippen LogP contribution in [-0.4, -0.2) is 32.8 Å². The van der Waals surface area contributed by atoms with E-state index in [0.29, 0.717) is 33.3 Å². The van der Waals surface area contributed by atoms with Crippen LogP contribution in [0.25, 0.3) is 102 Å². The van der Waals surface area contributed by atoms with Crippen molar-refractivity contribution < 1.29 is 33.0 Å². The van der Waals surface area contributed by atoms with Crippen molar-refractivity contribution >= 4 is 103 Å². The molecule has 12 aromatic rings. The molecule has 1 radical (unpaired) electrons. The molecule has 0 bridgehead atoms. The van der Waals surface area contributed by atoms with Crippen molar-refractivity contribution in [3.63, 3.8) is 0 Å². The number of fused-ring (bicyclic) bond motifs is 8. The minimum atomic E-state index is -2.41. The van der Waals surface area contributed by atoms with Crippen molar-refractivity contribution in [2.75, 3.05) is 0 Å². The van der Waals surface area contributed by atoms with Gasteiger partial charge in [-0.25, -0.2) is 9.37 Å². The van der Waals surface area contributed by atoms with Gasteiger partial charge in [-0.15, -0.1) is 29.5 Å². The Balaban J connectivity index is 0.000000173. The first-order chi connectivity index (χ1) is 32.7. The molecular weight excluding hydrogens is 1100 g/mol. The van der Waals surface area contributed by atoms with Gasteiger partial charge in [0.05, 0.1) is 32.8 Å². The van der Waals surface area contributed by atoms with Crippen LogP contribution in [0.2, 0.25) is 17.3 Å². The second kappa shape index (κ2) is 17.4. The monoisotopic (exact) mass is 1140 g/mol. The minimum Gasteiger partial charge on any atom is 0 e. The number of para-hydroxylation sites is 2. The topological polar surface area (TPSA) is 43.6 Å². The molecule has 66 heavy (non-hydrogen) atoms. The van der Waals surface area contributed by atoms with Crippen LogP contribution in [0.15, 0.2) is 152 Å². The Hall–Kier alpha value is -5.94. The van der Waals surface area contributed by atoms with Gasteiger partial charge in [-0.2, -0.15) is 11.3 Å². The number of hydrogen-bond donors (Lipinski definition) is 0. The summed E-state index contributed by atoms with van der Waals surface area (Å²) < 4.78 is 59.5. The van der Waals surface area contributed by atoms with E-state index in [1.165, 1.54) is 37.9 Å². The first-order valence-electron chi connectivity index (χ1n) is 22.7. The quantitative estimate of drug-likeness (QED) is 0.127. The van der Waals surface area contributed by atoms with E-state index in [1.807, 2.05) is 65.9 Å². The maximum atomic E-state index is 14.7. The fourth-order valence-corrected chi connectivity index (χ4v) is 14.0. The number of rotatable bonds is 5. The zero-order valence-corrected chi connectivity index (χ0v) is 42.3. The molecule has 0 atom stereocenters. The molecule has 0 aliphatic heterocycles. The molecular formula is C56H40F2GeIrN4S2-2. The van der Waals surface area contributed by atoms with Gasteiger partial charge in [-0.3, -0.25) is 4.98 Å². The normalized spacial score (nSPS) is 12.6. The van der Waals surface area contributed by atoms with Crippen molar-refractivity contribution in [1.29, 1.82) is 0 Å². The fourth-order valence-electron chi connectivity index (χ4n) is 8.73. The van der Waals surface area contributed by atoms with Crippen LogP contribution in [0.3, 0.4) is 0 Å². The summed E-state index contributed by atoms with van der Waals surface area (Å²) in [4.78, 5) is 15.4. The summed E-state index contributed by atoms with van der Waals surface area (Å²) in [7, 11) is 0. The number of pyridine rings is 2. The molecule has 0 amide bonds. The Morgan fingerprint density at radius 1 is 0.682 bits per heavy atom. The summed E-state index contributed by atoms with van der Waals surface area (Å²) in [5.74, 6) is 6.63. The van der Waals surface area contributed by atoms with Gasteiger partial charge in [0.1, 0.15) is 10.6 Å². The first kappa shape index (κ1) is 40.3. The van der Waals surface area contributed by atoms with Gasteiger partial charge in [-0.1, -0.05) is 53.4 Å². The van der Waals surface area contributed by atoms with Crippen LogP contribution in [0.4, 0.5) is 8.78 Å². The molecule has 12 rings (SSSR count). The van der Waals surface area contributed by atoms with Gasteiger partial charge in [0.15, 0.2) is 0 Å². The third kappa shape index (κ3) is 7.66. The number of aryl methyl sites for hydroxylation is 2. The molecule has 0 N–H and O–H groups in total. The molecule has 7 aromatic carbocycles. The number of thiophene rings is 2. The third-order valence-corrected chi connectivity index (χ3v) is 18.5. The smallest absolute Gasteiger partial charge is 0 e. The third-order valence-electron chi connectivity index (χ3n) is 11.9. The van der Waals surface area contributed by atoms with E-state index in [1.54, 1.807) is 35.7 Å². The summed E-state index contributed by atoms with van der Waals surface area (Å²) in [5, 5.41) is 5.08. The molecule has 325 valence electrons. The van der Waals surface area contributed by atoms with Crippen LogP contribution < -0.4 is 4.40 Å². The molecule has 5 aromatic heterocycles. The largest absolute Gasteiger partial charge is 0 e. The van der Waals surface area contributed by atoms with Gasteiger partial charge < -0.3 is 4.57 Å². The van der Waals surface area contributed by atoms with E-state index in [-0.39, 0.29) is 31.7 Å². The Kier molecular flexibility index (Phi) is 10.6. The second-order valence-corrected chi connectivity index (χ2v) is 29.8. The minimum absolute atomic E-state index is 0. The molecule has 4 nitrogen and oxygen atoms in total. The number of benzene rings is 7. The summed E-state index contributed by atoms with van der Waals surface area (Å²) >= 11 is 1.02. The number of hydrogen-bond acceptors (Lipinski definition) is 5. The van der Waals surface area contributed by atoms with Crippen molar-refractivity contribution in [3.05, 3.63) is 187 Å². The molecule has 0 fully saturated rings. The van der Waals surface area contributed by atoms with Crippen LogP contribution in [0.1, 0.15) is 15.2 Å². The molecule has 5 heterocycles. The molecule has 0 unspecified atom stereocenters. The van der Waals surface area contributed by atoms with Crippen LogP contribution in [-0.2, 0) is 20.1 Å². The standard InChI is InChI=1S/C35H19FN3S2.C21H21FGeN.Ir/c1-19-16-17-29(33-31(19)21-8-2-5-15-30(21)40-33)39-28-14-4-3-12-27(28)37-34(39)22-10-6-9-20-23-18-24-25(36)11-7-13-26(24)38-35(23)41-32(20)22;1-15-12-21(24-14-20(15)23(2,3)4)17-10-11-19(22)18(13-17)16-8-6-5-7-9-16;/h2-9,11-18H,1H3;5-9,11-14H,1-4H3;/q2*-1;/i;1D3;. The van der Waals surface area contributed by atoms with Gasteiger partial charge in [0, 0.05) is 46.4 Å². The Labute approximate surface area is 409 Å². The maximum absolute atomic E-state index is 14.7. The maximum Gasteiger partial charge on any atom is 0 e. The predicted molar refractivity (Wildman–Crippen MR) is 273 cm³/mol. The van der Waals surface area contributed by atoms with E-state index in [4.69, 9.17) is 14.1 Å². The van der Waals surface area contributed by atoms with Crippen LogP contribution >= 0.6 is 22.7 Å². The van der Waals surface area contributed by atoms with Gasteiger partial charge in [0.25, 0.3) is 0 Å². The molecule has 0 aliphatic rings. The van der Waals surface area contributed by atoms with Crippen molar-refractivity contribution in [3.8, 4) is 39.5 Å². The zero-order chi connectivity index (χ0) is 47.1. The van der Waals surface area contributed by atoms with Crippen LogP contribution in [0.5, 0.6) is 0 Å². The summed E-state index contributed by atoms with van der Waals surface area (Å²) in [6, 6.07) is 52.6. The van der Waals surface area contributed by atoms with Gasteiger partial charge in [-0.05, 0) is 59.7 Å². The average molecular weight is 1140 g/mol. The Morgan fingerprint density at radius 3 is 2.30 bits per heavy atom. The first-order valence-corrected chi connectivity index (χ1v) is 30.2. The van der Waals surface area contributed by atoms with Crippen molar-refractivity contribution in [1.82, 2.24) is 19.5 Å². The molecule has 0 saturated heterocycles. The fraction of sp³-hybridized carbons (Fsp3) is 0.0893. The second-order valence-electron chi connectivity index (χ2n) is 17.1. The van der Waals surface area contributed by atoms with E-state index in [2.05, 4.69) is 107 Å². The number of nitrogens with zero attached hydrogens (tertiary/aromatic N) is 4. The summed E-state index contributed by atoms with van der Waals surface area (Å²) in [6.45, 7) is -0.0302. The molecule has 0 saturated carbocycles. The van der Waals surface area contributed by atoms with Gasteiger partial charge >= 0.3 is 150 Å². The van der Waals surface area contributed by atoms with E-state index in [9.17, 15) is 8.78 Å². The number of imidazole rings is 1. The SMILES string of the molecule is Cc1ccc(-n2c(-c3[c-]ccc4c3sc3nc5cccc(F)c5cc34)nc3ccccc32)c2sc3ccccc3c12.[2H]C([2H])([2H])c1cc(-c2[c-]cc(F)c(-c3ccccc3)c2)nc[c]1[Ge]([CH3])([CH3])[CH3].[Ir]. The van der Waals surface area contributed by atoms with E-state index >= 15 is 0 Å². The predicted octanol–water partition coefficient (Wildman–Crippen LogP) is 15.4. The van der Waals surface area contributed by atoms with E-state index < -0.39 is 20.1 Å². The average Bonchev–Trinajstić information content (AvgIpc) is 4.03.